The molecule has 0 saturated carbocycles. The van der Waals surface area contributed by atoms with Crippen LogP contribution >= 0.6 is 27.5 Å². The maximum absolute atomic E-state index is 11.4. The number of halogens is 1. The molecule has 0 atom stereocenters. The van der Waals surface area contributed by atoms with E-state index in [0.717, 1.165) is 21.6 Å². The van der Waals surface area contributed by atoms with E-state index in [0.29, 0.717) is 16.3 Å². The van der Waals surface area contributed by atoms with Gasteiger partial charge in [0, 0.05) is 10.0 Å². The molecule has 0 spiro atoms. The molecule has 2 rings (SSSR count). The molecule has 0 fully saturated rings. The average Bonchev–Trinajstić information content (AvgIpc) is 2.71. The Morgan fingerprint density at radius 2 is 2.18 bits per heavy atom. The van der Waals surface area contributed by atoms with Crippen LogP contribution in [0.1, 0.15) is 9.67 Å². The molecule has 1 heterocycles. The van der Waals surface area contributed by atoms with E-state index in [2.05, 4.69) is 25.0 Å². The predicted molar refractivity (Wildman–Crippen MR) is 71.0 cm³/mol. The minimum absolute atomic E-state index is 0.332. The molecule has 2 aromatic rings. The largest absolute Gasteiger partial charge is 0.465 e. The van der Waals surface area contributed by atoms with Crippen molar-refractivity contribution >= 4 is 39.1 Å². The lowest BCUT2D eigenvalue weighted by atomic mass is 10.1. The first-order valence-corrected chi connectivity index (χ1v) is 6.30. The first-order chi connectivity index (χ1) is 8.15. The molecule has 0 radical (unpaired) electrons. The molecule has 2 N–H and O–H groups in total. The lowest BCUT2D eigenvalue weighted by Crippen LogP contribution is -2.02. The van der Waals surface area contributed by atoms with Crippen LogP contribution in [0.3, 0.4) is 0 Å². The smallest absolute Gasteiger partial charge is 0.351 e. The van der Waals surface area contributed by atoms with E-state index in [1.165, 1.54) is 7.11 Å². The summed E-state index contributed by atoms with van der Waals surface area (Å²) in [5.74, 6) is -0.460. The molecule has 0 bridgehead atoms. The number of nitrogens with two attached hydrogens (primary N) is 1. The molecule has 0 aliphatic heterocycles. The van der Waals surface area contributed by atoms with Crippen LogP contribution in [0.4, 0.5) is 5.69 Å². The number of benzene rings is 1. The number of carbonyl (C=O) groups excluding carboxylic acids is 1. The van der Waals surface area contributed by atoms with E-state index in [9.17, 15) is 4.79 Å². The number of anilines is 1. The van der Waals surface area contributed by atoms with Gasteiger partial charge in [-0.3, -0.25) is 0 Å². The lowest BCUT2D eigenvalue weighted by Gasteiger charge is -2.02. The summed E-state index contributed by atoms with van der Waals surface area (Å²) in [6.45, 7) is 0. The number of methoxy groups -OCH3 is 1. The molecule has 0 saturated heterocycles. The molecule has 1 aromatic carbocycles. The fourth-order valence-corrected chi connectivity index (χ4v) is 2.59. The van der Waals surface area contributed by atoms with Gasteiger partial charge in [-0.2, -0.15) is 4.37 Å². The van der Waals surface area contributed by atoms with E-state index in [1.54, 1.807) is 0 Å². The summed E-state index contributed by atoms with van der Waals surface area (Å²) in [5.41, 5.74) is 7.72. The number of nitrogens with zero attached hydrogens (tertiary/aromatic N) is 1. The number of esters is 1. The van der Waals surface area contributed by atoms with Crippen LogP contribution in [-0.2, 0) is 4.74 Å². The first-order valence-electron chi connectivity index (χ1n) is 4.73. The summed E-state index contributed by atoms with van der Waals surface area (Å²) in [6.07, 6.45) is 0. The van der Waals surface area contributed by atoms with Crippen molar-refractivity contribution in [3.05, 3.63) is 33.6 Å². The molecule has 0 amide bonds. The van der Waals surface area contributed by atoms with Gasteiger partial charge in [0.05, 0.1) is 12.8 Å². The predicted octanol–water partition coefficient (Wildman–Crippen LogP) is 2.94. The van der Waals surface area contributed by atoms with Crippen LogP contribution in [0.15, 0.2) is 28.7 Å². The van der Waals surface area contributed by atoms with E-state index < -0.39 is 5.97 Å². The minimum atomic E-state index is -0.460. The SMILES string of the molecule is COC(=O)c1snc(-c2ccccc2Br)c1N. The van der Waals surface area contributed by atoms with Crippen molar-refractivity contribution in [3.63, 3.8) is 0 Å². The number of hydrogen-bond donors (Lipinski definition) is 1. The zero-order chi connectivity index (χ0) is 12.4. The number of carbonyl (C=O) groups is 1. The zero-order valence-corrected chi connectivity index (χ0v) is 11.3. The van der Waals surface area contributed by atoms with Crippen molar-refractivity contribution in [2.24, 2.45) is 0 Å². The molecule has 17 heavy (non-hydrogen) atoms. The van der Waals surface area contributed by atoms with Crippen LogP contribution in [0.5, 0.6) is 0 Å². The Labute approximate surface area is 111 Å². The van der Waals surface area contributed by atoms with Gasteiger partial charge in [-0.1, -0.05) is 34.1 Å². The molecule has 88 valence electrons. The van der Waals surface area contributed by atoms with Gasteiger partial charge >= 0.3 is 5.97 Å². The third-order valence-electron chi connectivity index (χ3n) is 2.23. The van der Waals surface area contributed by atoms with Crippen LogP contribution in [0.25, 0.3) is 11.3 Å². The first kappa shape index (κ1) is 12.1. The maximum Gasteiger partial charge on any atom is 0.351 e. The van der Waals surface area contributed by atoms with Gasteiger partial charge in [0.1, 0.15) is 5.69 Å². The molecule has 0 unspecified atom stereocenters. The molecule has 4 nitrogen and oxygen atoms in total. The van der Waals surface area contributed by atoms with Gasteiger partial charge in [-0.05, 0) is 17.6 Å². The number of rotatable bonds is 2. The highest BCUT2D eigenvalue weighted by Crippen LogP contribution is 2.35. The van der Waals surface area contributed by atoms with Crippen molar-refractivity contribution in [2.45, 2.75) is 0 Å². The van der Waals surface area contributed by atoms with Gasteiger partial charge in [-0.15, -0.1) is 0 Å². The maximum atomic E-state index is 11.4. The Kier molecular flexibility index (Phi) is 3.44. The Morgan fingerprint density at radius 3 is 2.82 bits per heavy atom. The average molecular weight is 313 g/mol. The van der Waals surface area contributed by atoms with Crippen molar-refractivity contribution < 1.29 is 9.53 Å². The van der Waals surface area contributed by atoms with Gasteiger partial charge < -0.3 is 10.5 Å². The molecule has 6 heteroatoms. The molecular formula is C11H9BrN2O2S. The van der Waals surface area contributed by atoms with Gasteiger partial charge in [-0.25, -0.2) is 4.79 Å². The Bertz CT molecular complexity index is 568. The highest BCUT2D eigenvalue weighted by molar-refractivity contribution is 9.10. The second-order valence-electron chi connectivity index (χ2n) is 3.25. The second kappa shape index (κ2) is 4.85. The summed E-state index contributed by atoms with van der Waals surface area (Å²) in [4.78, 5) is 11.8. The van der Waals surface area contributed by atoms with Crippen molar-refractivity contribution in [3.8, 4) is 11.3 Å². The summed E-state index contributed by atoms with van der Waals surface area (Å²) in [7, 11) is 1.32. The fourth-order valence-electron chi connectivity index (χ4n) is 1.38. The van der Waals surface area contributed by atoms with Crippen molar-refractivity contribution in [1.29, 1.82) is 0 Å². The molecule has 0 aliphatic carbocycles. The van der Waals surface area contributed by atoms with Gasteiger partial charge in [0.25, 0.3) is 0 Å². The minimum Gasteiger partial charge on any atom is -0.465 e. The Hall–Kier alpha value is -1.40. The van der Waals surface area contributed by atoms with Gasteiger partial charge in [0.15, 0.2) is 4.88 Å². The summed E-state index contributed by atoms with van der Waals surface area (Å²) >= 11 is 4.47. The topological polar surface area (TPSA) is 65.2 Å². The highest BCUT2D eigenvalue weighted by atomic mass is 79.9. The standard InChI is InChI=1S/C11H9BrN2O2S/c1-16-11(15)10-8(13)9(14-17-10)6-4-2-3-5-7(6)12/h2-5H,13H2,1H3. The Morgan fingerprint density at radius 1 is 1.47 bits per heavy atom. The fraction of sp³-hybridized carbons (Fsp3) is 0.0909. The van der Waals surface area contributed by atoms with E-state index in [4.69, 9.17) is 5.73 Å². The number of hydrogen-bond acceptors (Lipinski definition) is 5. The lowest BCUT2D eigenvalue weighted by molar-refractivity contribution is 0.0607. The van der Waals surface area contributed by atoms with Crippen LogP contribution in [0.2, 0.25) is 0 Å². The van der Waals surface area contributed by atoms with E-state index in [-0.39, 0.29) is 0 Å². The molecule has 0 aliphatic rings. The summed E-state index contributed by atoms with van der Waals surface area (Å²) in [6, 6.07) is 7.57. The highest BCUT2D eigenvalue weighted by Gasteiger charge is 2.19. The third-order valence-corrected chi connectivity index (χ3v) is 3.76. The quantitative estimate of drug-likeness (QED) is 0.866. The number of ether oxygens (including phenoxy) is 1. The number of aromatic nitrogens is 1. The summed E-state index contributed by atoms with van der Waals surface area (Å²) < 4.78 is 9.72. The monoisotopic (exact) mass is 312 g/mol. The Balaban J connectivity index is 2.52. The normalized spacial score (nSPS) is 10.2. The van der Waals surface area contributed by atoms with Crippen molar-refractivity contribution in [2.75, 3.05) is 12.8 Å². The number of nitrogen functional groups attached to an aromatic ring is 1. The zero-order valence-electron chi connectivity index (χ0n) is 8.94. The summed E-state index contributed by atoms with van der Waals surface area (Å²) in [5, 5.41) is 0. The van der Waals surface area contributed by atoms with E-state index in [1.807, 2.05) is 24.3 Å². The van der Waals surface area contributed by atoms with Crippen LogP contribution in [0, 0.1) is 0 Å². The molecular weight excluding hydrogens is 304 g/mol. The van der Waals surface area contributed by atoms with Crippen LogP contribution < -0.4 is 5.73 Å². The van der Waals surface area contributed by atoms with E-state index >= 15 is 0 Å². The van der Waals surface area contributed by atoms with Gasteiger partial charge in [0.2, 0.25) is 0 Å². The second-order valence-corrected chi connectivity index (χ2v) is 4.87. The molecule has 1 aromatic heterocycles. The van der Waals surface area contributed by atoms with Crippen molar-refractivity contribution in [1.82, 2.24) is 4.37 Å². The van der Waals surface area contributed by atoms with Crippen LogP contribution in [-0.4, -0.2) is 17.5 Å². The third kappa shape index (κ3) is 2.18.